The number of amides is 1. The van der Waals surface area contributed by atoms with E-state index >= 15 is 0 Å². The first kappa shape index (κ1) is 12.9. The third-order valence-corrected chi connectivity index (χ3v) is 4.13. The van der Waals surface area contributed by atoms with Crippen LogP contribution in [0.4, 0.5) is 0 Å². The average Bonchev–Trinajstić information content (AvgIpc) is 3.13. The van der Waals surface area contributed by atoms with Crippen molar-refractivity contribution in [2.45, 2.75) is 37.8 Å². The van der Waals surface area contributed by atoms with Crippen molar-refractivity contribution in [2.75, 3.05) is 13.1 Å². The summed E-state index contributed by atoms with van der Waals surface area (Å²) in [5.74, 6) is 0.0450. The molecule has 19 heavy (non-hydrogen) atoms. The van der Waals surface area contributed by atoms with Gasteiger partial charge in [-0.25, -0.2) is 0 Å². The third-order valence-electron chi connectivity index (χ3n) is 3.83. The van der Waals surface area contributed by atoms with Gasteiger partial charge in [-0.2, -0.15) is 0 Å². The number of halogens is 1. The summed E-state index contributed by atoms with van der Waals surface area (Å²) in [6, 6.07) is 2.55. The largest absolute Gasteiger partial charge is 0.334 e. The highest BCUT2D eigenvalue weighted by atomic mass is 35.5. The Kier molecular flexibility index (Phi) is 3.71. The summed E-state index contributed by atoms with van der Waals surface area (Å²) >= 11 is 6.08. The highest BCUT2D eigenvalue weighted by molar-refractivity contribution is 6.33. The summed E-state index contributed by atoms with van der Waals surface area (Å²) in [7, 11) is 0. The summed E-state index contributed by atoms with van der Waals surface area (Å²) in [6.45, 7) is 1.86. The Hall–Kier alpha value is -1.13. The van der Waals surface area contributed by atoms with Crippen LogP contribution in [-0.2, 0) is 0 Å². The lowest BCUT2D eigenvalue weighted by molar-refractivity contribution is 0.0728. The molecule has 0 unspecified atom stereocenters. The zero-order valence-corrected chi connectivity index (χ0v) is 11.6. The number of aromatic nitrogens is 1. The van der Waals surface area contributed by atoms with Crippen molar-refractivity contribution in [2.24, 2.45) is 0 Å². The van der Waals surface area contributed by atoms with Crippen LogP contribution in [0.2, 0.25) is 5.02 Å². The molecule has 1 amide bonds. The topological polar surface area (TPSA) is 45.2 Å². The molecule has 1 aromatic rings. The van der Waals surface area contributed by atoms with Crippen molar-refractivity contribution < 1.29 is 4.79 Å². The van der Waals surface area contributed by atoms with E-state index in [4.69, 9.17) is 11.6 Å². The van der Waals surface area contributed by atoms with Crippen LogP contribution in [0.15, 0.2) is 18.5 Å². The smallest absolute Gasteiger partial charge is 0.255 e. The molecule has 2 fully saturated rings. The van der Waals surface area contributed by atoms with Gasteiger partial charge in [0, 0.05) is 31.0 Å². The second kappa shape index (κ2) is 5.47. The highest BCUT2D eigenvalue weighted by Crippen LogP contribution is 2.30. The zero-order chi connectivity index (χ0) is 13.2. The molecular weight excluding hydrogens is 262 g/mol. The first-order chi connectivity index (χ1) is 9.25. The molecule has 1 aliphatic heterocycles. The van der Waals surface area contributed by atoms with E-state index in [1.54, 1.807) is 12.3 Å². The van der Waals surface area contributed by atoms with Crippen molar-refractivity contribution in [3.05, 3.63) is 29.0 Å². The molecule has 1 saturated carbocycles. The molecule has 4 nitrogen and oxygen atoms in total. The minimum Gasteiger partial charge on any atom is -0.334 e. The number of hydrogen-bond donors (Lipinski definition) is 1. The first-order valence-electron chi connectivity index (χ1n) is 6.89. The maximum absolute atomic E-state index is 12.6. The summed E-state index contributed by atoms with van der Waals surface area (Å²) in [5, 5.41) is 3.89. The van der Waals surface area contributed by atoms with Crippen LogP contribution in [0.1, 0.15) is 36.0 Å². The predicted molar refractivity (Wildman–Crippen MR) is 74.3 cm³/mol. The van der Waals surface area contributed by atoms with Gasteiger partial charge in [0.2, 0.25) is 0 Å². The zero-order valence-electron chi connectivity index (χ0n) is 10.8. The van der Waals surface area contributed by atoms with Crippen molar-refractivity contribution in [3.8, 4) is 0 Å². The third kappa shape index (κ3) is 2.90. The Bertz CT molecular complexity index is 470. The standard InChI is InChI=1S/C14H18ClN3O/c15-13-8-16-7-5-12(13)14(19)18(11-3-4-11)9-10-2-1-6-17-10/h5,7-8,10-11,17H,1-4,6,9H2/t10-/m1/s1. The molecule has 5 heteroatoms. The predicted octanol–water partition coefficient (Wildman–Crippen LogP) is 2.09. The van der Waals surface area contributed by atoms with E-state index in [9.17, 15) is 4.79 Å². The van der Waals surface area contributed by atoms with Crippen molar-refractivity contribution in [1.82, 2.24) is 15.2 Å². The molecule has 102 valence electrons. The number of nitrogens with zero attached hydrogens (tertiary/aromatic N) is 2. The van der Waals surface area contributed by atoms with Crippen LogP contribution in [-0.4, -0.2) is 41.0 Å². The van der Waals surface area contributed by atoms with Crippen LogP contribution < -0.4 is 5.32 Å². The minimum atomic E-state index is 0.0450. The quantitative estimate of drug-likeness (QED) is 0.918. The molecule has 0 radical (unpaired) electrons. The van der Waals surface area contributed by atoms with Gasteiger partial charge in [-0.3, -0.25) is 9.78 Å². The Labute approximate surface area is 118 Å². The Morgan fingerprint density at radius 2 is 2.32 bits per heavy atom. The van der Waals surface area contributed by atoms with Crippen LogP contribution in [0.25, 0.3) is 0 Å². The van der Waals surface area contributed by atoms with Gasteiger partial charge in [-0.1, -0.05) is 11.6 Å². The molecule has 1 saturated heterocycles. The van der Waals surface area contributed by atoms with Crippen molar-refractivity contribution >= 4 is 17.5 Å². The van der Waals surface area contributed by atoms with E-state index in [2.05, 4.69) is 10.3 Å². The summed E-state index contributed by atoms with van der Waals surface area (Å²) in [4.78, 5) is 18.5. The molecule has 0 aromatic carbocycles. The lowest BCUT2D eigenvalue weighted by Gasteiger charge is -2.26. The molecule has 1 N–H and O–H groups in total. The molecule has 3 rings (SSSR count). The van der Waals surface area contributed by atoms with E-state index in [0.29, 0.717) is 22.7 Å². The van der Waals surface area contributed by atoms with Gasteiger partial charge in [-0.15, -0.1) is 0 Å². The first-order valence-corrected chi connectivity index (χ1v) is 7.27. The maximum atomic E-state index is 12.6. The van der Waals surface area contributed by atoms with E-state index in [1.165, 1.54) is 12.6 Å². The van der Waals surface area contributed by atoms with Crippen LogP contribution in [0.3, 0.4) is 0 Å². The van der Waals surface area contributed by atoms with Crippen LogP contribution in [0, 0.1) is 0 Å². The summed E-state index contributed by atoms with van der Waals surface area (Å²) in [5.41, 5.74) is 0.571. The molecule has 1 aliphatic carbocycles. The molecular formula is C14H18ClN3O. The average molecular weight is 280 g/mol. The monoisotopic (exact) mass is 279 g/mol. The SMILES string of the molecule is O=C(c1ccncc1Cl)N(C[C@H]1CCCN1)C1CC1. The Balaban J connectivity index is 1.76. The van der Waals surface area contributed by atoms with Crippen molar-refractivity contribution in [3.63, 3.8) is 0 Å². The van der Waals surface area contributed by atoms with E-state index in [0.717, 1.165) is 32.4 Å². The van der Waals surface area contributed by atoms with Crippen LogP contribution >= 0.6 is 11.6 Å². The Morgan fingerprint density at radius 3 is 2.95 bits per heavy atom. The molecule has 1 atom stereocenters. The van der Waals surface area contributed by atoms with Gasteiger partial charge in [0.05, 0.1) is 10.6 Å². The van der Waals surface area contributed by atoms with Crippen molar-refractivity contribution in [1.29, 1.82) is 0 Å². The minimum absolute atomic E-state index is 0.0450. The summed E-state index contributed by atoms with van der Waals surface area (Å²) < 4.78 is 0. The number of nitrogens with one attached hydrogen (secondary N) is 1. The molecule has 0 spiro atoms. The number of carbonyl (C=O) groups excluding carboxylic acids is 1. The van der Waals surface area contributed by atoms with Gasteiger partial charge in [0.15, 0.2) is 0 Å². The normalized spacial score (nSPS) is 22.5. The van der Waals surface area contributed by atoms with Gasteiger partial charge in [0.25, 0.3) is 5.91 Å². The van der Waals surface area contributed by atoms with Gasteiger partial charge in [-0.05, 0) is 38.3 Å². The number of rotatable bonds is 4. The fourth-order valence-corrected chi connectivity index (χ4v) is 2.84. The Morgan fingerprint density at radius 1 is 1.47 bits per heavy atom. The van der Waals surface area contributed by atoms with E-state index < -0.39 is 0 Å². The molecule has 0 bridgehead atoms. The number of carbonyl (C=O) groups is 1. The van der Waals surface area contributed by atoms with E-state index in [1.807, 2.05) is 4.90 Å². The number of pyridine rings is 1. The summed E-state index contributed by atoms with van der Waals surface area (Å²) in [6.07, 6.45) is 7.74. The molecule has 1 aromatic heterocycles. The molecule has 2 aliphatic rings. The lowest BCUT2D eigenvalue weighted by atomic mass is 10.1. The van der Waals surface area contributed by atoms with Gasteiger partial charge >= 0.3 is 0 Å². The van der Waals surface area contributed by atoms with Gasteiger partial charge in [0.1, 0.15) is 0 Å². The van der Waals surface area contributed by atoms with Crippen LogP contribution in [0.5, 0.6) is 0 Å². The lowest BCUT2D eigenvalue weighted by Crippen LogP contribution is -2.42. The second-order valence-corrected chi connectivity index (χ2v) is 5.74. The van der Waals surface area contributed by atoms with Gasteiger partial charge < -0.3 is 10.2 Å². The molecule has 2 heterocycles. The second-order valence-electron chi connectivity index (χ2n) is 5.34. The van der Waals surface area contributed by atoms with E-state index in [-0.39, 0.29) is 5.91 Å². The maximum Gasteiger partial charge on any atom is 0.255 e. The highest BCUT2D eigenvalue weighted by Gasteiger charge is 2.35. The fourth-order valence-electron chi connectivity index (χ4n) is 2.64. The fraction of sp³-hybridized carbons (Fsp3) is 0.571. The number of hydrogen-bond acceptors (Lipinski definition) is 3.